The maximum absolute atomic E-state index is 11.4. The summed E-state index contributed by atoms with van der Waals surface area (Å²) in [6, 6.07) is 10.4. The van der Waals surface area contributed by atoms with Crippen molar-refractivity contribution in [2.45, 2.75) is 49.8 Å². The van der Waals surface area contributed by atoms with Gasteiger partial charge in [0.05, 0.1) is 17.6 Å². The average Bonchev–Trinajstić information content (AvgIpc) is 2.80. The SMILES string of the molecule is O=C(NCCCS)OCCCCCCCCSc1ccnc2c1ccc1cccnc12. The summed E-state index contributed by atoms with van der Waals surface area (Å²) in [6.45, 7) is 1.13. The van der Waals surface area contributed by atoms with Crippen LogP contribution in [0.5, 0.6) is 0 Å². The molecule has 3 rings (SSSR count). The summed E-state index contributed by atoms with van der Waals surface area (Å²) in [5.74, 6) is 1.88. The highest BCUT2D eigenvalue weighted by Crippen LogP contribution is 2.30. The molecule has 2 aromatic heterocycles. The number of rotatable bonds is 13. The lowest BCUT2D eigenvalue weighted by Gasteiger charge is -2.08. The molecule has 1 aromatic carbocycles. The van der Waals surface area contributed by atoms with E-state index in [-0.39, 0.29) is 6.09 Å². The van der Waals surface area contributed by atoms with Crippen LogP contribution in [-0.4, -0.2) is 40.7 Å². The van der Waals surface area contributed by atoms with Crippen LogP contribution in [0.15, 0.2) is 47.6 Å². The zero-order valence-corrected chi connectivity index (χ0v) is 19.6. The quantitative estimate of drug-likeness (QED) is 0.137. The number of ether oxygens (including phenoxy) is 1. The minimum absolute atomic E-state index is 0.314. The van der Waals surface area contributed by atoms with Crippen LogP contribution in [0.3, 0.4) is 0 Å². The number of thioether (sulfide) groups is 1. The number of carbonyl (C=O) groups is 1. The van der Waals surface area contributed by atoms with Gasteiger partial charge in [-0.1, -0.05) is 43.9 Å². The highest BCUT2D eigenvalue weighted by Gasteiger charge is 2.07. The highest BCUT2D eigenvalue weighted by atomic mass is 32.2. The van der Waals surface area contributed by atoms with E-state index in [0.717, 1.165) is 47.2 Å². The molecular formula is C24H31N3O2S2. The van der Waals surface area contributed by atoms with Crippen LogP contribution in [0.2, 0.25) is 0 Å². The van der Waals surface area contributed by atoms with Crippen LogP contribution in [-0.2, 0) is 4.74 Å². The van der Waals surface area contributed by atoms with Gasteiger partial charge in [-0.2, -0.15) is 12.6 Å². The molecule has 0 atom stereocenters. The molecule has 0 aliphatic rings. The van der Waals surface area contributed by atoms with Gasteiger partial charge in [-0.15, -0.1) is 11.8 Å². The summed E-state index contributed by atoms with van der Waals surface area (Å²) >= 11 is 6.01. The van der Waals surface area contributed by atoms with Crippen molar-refractivity contribution in [1.82, 2.24) is 15.3 Å². The number of hydrogen-bond donors (Lipinski definition) is 2. The molecule has 0 fully saturated rings. The first kappa shape index (κ1) is 23.7. The minimum atomic E-state index is -0.314. The fourth-order valence-corrected chi connectivity index (χ4v) is 4.64. The molecule has 2 heterocycles. The number of benzene rings is 1. The Bertz CT molecular complexity index is 968. The van der Waals surface area contributed by atoms with Crippen molar-refractivity contribution in [2.24, 2.45) is 0 Å². The number of carbonyl (C=O) groups excluding carboxylic acids is 1. The van der Waals surface area contributed by atoms with E-state index in [1.807, 2.05) is 30.2 Å². The van der Waals surface area contributed by atoms with E-state index >= 15 is 0 Å². The summed E-state index contributed by atoms with van der Waals surface area (Å²) < 4.78 is 5.16. The molecule has 0 aliphatic carbocycles. The predicted octanol–water partition coefficient (Wildman–Crippen LogP) is 6.26. The fraction of sp³-hybridized carbons (Fsp3) is 0.458. The molecule has 0 spiro atoms. The number of pyridine rings is 2. The van der Waals surface area contributed by atoms with Crippen LogP contribution < -0.4 is 5.32 Å². The third-order valence-corrected chi connectivity index (χ3v) is 6.55. The number of nitrogens with zero attached hydrogens (tertiary/aromatic N) is 2. The Morgan fingerprint density at radius 1 is 0.935 bits per heavy atom. The smallest absolute Gasteiger partial charge is 0.407 e. The number of nitrogens with one attached hydrogen (secondary N) is 1. The number of aromatic nitrogens is 2. The van der Waals surface area contributed by atoms with Gasteiger partial charge in [0.15, 0.2) is 0 Å². The van der Waals surface area contributed by atoms with Crippen LogP contribution in [0.25, 0.3) is 21.8 Å². The lowest BCUT2D eigenvalue weighted by atomic mass is 10.1. The van der Waals surface area contributed by atoms with E-state index in [4.69, 9.17) is 4.74 Å². The molecule has 0 unspecified atom stereocenters. The Morgan fingerprint density at radius 2 is 1.74 bits per heavy atom. The number of alkyl carbamates (subject to hydrolysis) is 1. The first-order valence-electron chi connectivity index (χ1n) is 11.1. The highest BCUT2D eigenvalue weighted by molar-refractivity contribution is 7.99. The Morgan fingerprint density at radius 3 is 2.61 bits per heavy atom. The largest absolute Gasteiger partial charge is 0.450 e. The Labute approximate surface area is 194 Å². The van der Waals surface area contributed by atoms with Gasteiger partial charge in [-0.25, -0.2) is 4.79 Å². The van der Waals surface area contributed by atoms with E-state index < -0.39 is 0 Å². The van der Waals surface area contributed by atoms with Crippen molar-refractivity contribution >= 4 is 52.3 Å². The van der Waals surface area contributed by atoms with Crippen molar-refractivity contribution in [1.29, 1.82) is 0 Å². The first-order chi connectivity index (χ1) is 15.3. The van der Waals surface area contributed by atoms with Gasteiger partial charge in [0.1, 0.15) is 0 Å². The molecule has 0 saturated heterocycles. The average molecular weight is 458 g/mol. The van der Waals surface area contributed by atoms with Gasteiger partial charge in [0.2, 0.25) is 0 Å². The van der Waals surface area contributed by atoms with Gasteiger partial charge in [0, 0.05) is 34.6 Å². The summed E-state index contributed by atoms with van der Waals surface area (Å²) in [5.41, 5.74) is 1.96. The van der Waals surface area contributed by atoms with Crippen molar-refractivity contribution in [3.63, 3.8) is 0 Å². The molecule has 0 bridgehead atoms. The molecule has 7 heteroatoms. The topological polar surface area (TPSA) is 64.1 Å². The normalized spacial score (nSPS) is 11.1. The minimum Gasteiger partial charge on any atom is -0.450 e. The van der Waals surface area contributed by atoms with Gasteiger partial charge in [-0.05, 0) is 42.9 Å². The maximum atomic E-state index is 11.4. The number of thiol groups is 1. The van der Waals surface area contributed by atoms with Crippen molar-refractivity contribution in [2.75, 3.05) is 24.7 Å². The molecular weight excluding hydrogens is 426 g/mol. The van der Waals surface area contributed by atoms with Gasteiger partial charge < -0.3 is 10.1 Å². The third-order valence-electron chi connectivity index (χ3n) is 5.08. The Balaban J connectivity index is 1.29. The third kappa shape index (κ3) is 7.58. The molecule has 0 radical (unpaired) electrons. The summed E-state index contributed by atoms with van der Waals surface area (Å²) in [5, 5.41) is 5.04. The van der Waals surface area contributed by atoms with E-state index in [1.54, 1.807) is 0 Å². The molecule has 1 N–H and O–H groups in total. The van der Waals surface area contributed by atoms with Crippen LogP contribution >= 0.6 is 24.4 Å². The van der Waals surface area contributed by atoms with Gasteiger partial charge in [0.25, 0.3) is 0 Å². The van der Waals surface area contributed by atoms with Crippen LogP contribution in [0.4, 0.5) is 4.79 Å². The van der Waals surface area contributed by atoms with Gasteiger partial charge in [-0.3, -0.25) is 9.97 Å². The fourth-order valence-electron chi connectivity index (χ4n) is 3.43. The lowest BCUT2D eigenvalue weighted by Crippen LogP contribution is -2.25. The van der Waals surface area contributed by atoms with Gasteiger partial charge >= 0.3 is 6.09 Å². The number of unbranched alkanes of at least 4 members (excludes halogenated alkanes) is 5. The zero-order chi connectivity index (χ0) is 21.7. The molecule has 1 amide bonds. The Hall–Kier alpha value is -1.99. The van der Waals surface area contributed by atoms with E-state index in [1.165, 1.54) is 36.0 Å². The summed E-state index contributed by atoms with van der Waals surface area (Å²) in [6.07, 6.45) is 11.1. The number of hydrogen-bond acceptors (Lipinski definition) is 6. The van der Waals surface area contributed by atoms with E-state index in [2.05, 4.69) is 52.2 Å². The summed E-state index contributed by atoms with van der Waals surface area (Å²) in [7, 11) is 0. The second kappa shape index (κ2) is 13.4. The molecule has 166 valence electrons. The van der Waals surface area contributed by atoms with E-state index in [9.17, 15) is 4.79 Å². The molecule has 0 aliphatic heterocycles. The predicted molar refractivity (Wildman–Crippen MR) is 133 cm³/mol. The van der Waals surface area contributed by atoms with Crippen LogP contribution in [0, 0.1) is 0 Å². The molecule has 0 saturated carbocycles. The van der Waals surface area contributed by atoms with Crippen molar-refractivity contribution < 1.29 is 9.53 Å². The molecule has 5 nitrogen and oxygen atoms in total. The molecule has 31 heavy (non-hydrogen) atoms. The molecule has 3 aromatic rings. The maximum Gasteiger partial charge on any atom is 0.407 e. The van der Waals surface area contributed by atoms with Crippen molar-refractivity contribution in [3.05, 3.63) is 42.7 Å². The monoisotopic (exact) mass is 457 g/mol. The lowest BCUT2D eigenvalue weighted by molar-refractivity contribution is 0.144. The Kier molecular flexibility index (Phi) is 10.3. The zero-order valence-electron chi connectivity index (χ0n) is 17.9. The van der Waals surface area contributed by atoms with E-state index in [0.29, 0.717) is 13.2 Å². The second-order valence-electron chi connectivity index (χ2n) is 7.46. The standard InChI is InChI=1S/C24H31N3O2S2/c28-24(27-14-8-17-30)29-16-5-3-1-2-4-6-18-31-21-12-15-26-23-20(21)11-10-19-9-7-13-25-22(19)23/h7,9-13,15,30H,1-6,8,14,16-18H2,(H,27,28). The number of amides is 1. The summed E-state index contributed by atoms with van der Waals surface area (Å²) in [4.78, 5) is 21.8. The van der Waals surface area contributed by atoms with Crippen molar-refractivity contribution in [3.8, 4) is 0 Å². The number of fused-ring (bicyclic) bond motifs is 3. The first-order valence-corrected chi connectivity index (χ1v) is 12.7. The van der Waals surface area contributed by atoms with Crippen LogP contribution in [0.1, 0.15) is 44.9 Å². The second-order valence-corrected chi connectivity index (χ2v) is 9.04.